The summed E-state index contributed by atoms with van der Waals surface area (Å²) in [5.74, 6) is 0.333. The SMILES string of the molecule is COc1ccccc1/C=N\NC(=O)c1ccc(C#N)cc1. The number of ether oxygens (including phenoxy) is 1. The van der Waals surface area contributed by atoms with Crippen LogP contribution in [0.4, 0.5) is 0 Å². The van der Waals surface area contributed by atoms with Crippen LogP contribution in [0.15, 0.2) is 53.6 Å². The van der Waals surface area contributed by atoms with Gasteiger partial charge in [0.2, 0.25) is 0 Å². The van der Waals surface area contributed by atoms with E-state index in [1.807, 2.05) is 30.3 Å². The molecule has 0 bridgehead atoms. The van der Waals surface area contributed by atoms with E-state index >= 15 is 0 Å². The van der Waals surface area contributed by atoms with Crippen molar-refractivity contribution in [1.29, 1.82) is 5.26 Å². The van der Waals surface area contributed by atoms with Crippen LogP contribution in [0.5, 0.6) is 5.75 Å². The lowest BCUT2D eigenvalue weighted by Crippen LogP contribution is -2.17. The van der Waals surface area contributed by atoms with Gasteiger partial charge in [0.05, 0.1) is 25.0 Å². The maximum absolute atomic E-state index is 11.8. The molecule has 0 radical (unpaired) electrons. The van der Waals surface area contributed by atoms with Crippen LogP contribution in [-0.4, -0.2) is 19.2 Å². The summed E-state index contributed by atoms with van der Waals surface area (Å²) in [5, 5.41) is 12.6. The minimum Gasteiger partial charge on any atom is -0.496 e. The monoisotopic (exact) mass is 279 g/mol. The molecule has 0 spiro atoms. The smallest absolute Gasteiger partial charge is 0.271 e. The van der Waals surface area contributed by atoms with Crippen molar-refractivity contribution in [2.75, 3.05) is 7.11 Å². The predicted molar refractivity (Wildman–Crippen MR) is 79.2 cm³/mol. The van der Waals surface area contributed by atoms with Gasteiger partial charge in [0.15, 0.2) is 0 Å². The number of benzene rings is 2. The molecule has 0 heterocycles. The molecule has 2 aromatic rings. The summed E-state index contributed by atoms with van der Waals surface area (Å²) in [6.45, 7) is 0. The highest BCUT2D eigenvalue weighted by Gasteiger charge is 2.04. The quantitative estimate of drug-likeness (QED) is 0.689. The summed E-state index contributed by atoms with van der Waals surface area (Å²) in [6.07, 6.45) is 1.51. The van der Waals surface area contributed by atoms with Gasteiger partial charge in [0.1, 0.15) is 5.75 Å². The average molecular weight is 279 g/mol. The van der Waals surface area contributed by atoms with E-state index in [0.29, 0.717) is 16.9 Å². The molecule has 5 heteroatoms. The Balaban J connectivity index is 2.03. The number of methoxy groups -OCH3 is 1. The first-order valence-electron chi connectivity index (χ1n) is 6.21. The Hall–Kier alpha value is -3.13. The van der Waals surface area contributed by atoms with E-state index in [9.17, 15) is 4.79 Å². The normalized spacial score (nSPS) is 10.1. The fourth-order valence-electron chi connectivity index (χ4n) is 1.69. The van der Waals surface area contributed by atoms with Crippen molar-refractivity contribution in [3.05, 3.63) is 65.2 Å². The zero-order valence-corrected chi connectivity index (χ0v) is 11.4. The maximum atomic E-state index is 11.8. The molecule has 0 saturated heterocycles. The number of nitrogens with one attached hydrogen (secondary N) is 1. The van der Waals surface area contributed by atoms with Gasteiger partial charge in [0.25, 0.3) is 5.91 Å². The third-order valence-electron chi connectivity index (χ3n) is 2.78. The van der Waals surface area contributed by atoms with E-state index in [1.54, 1.807) is 31.4 Å². The number of para-hydroxylation sites is 1. The van der Waals surface area contributed by atoms with Crippen LogP contribution in [0, 0.1) is 11.3 Å². The molecule has 104 valence electrons. The molecule has 2 rings (SSSR count). The van der Waals surface area contributed by atoms with Gasteiger partial charge in [0, 0.05) is 11.1 Å². The lowest BCUT2D eigenvalue weighted by molar-refractivity contribution is 0.0955. The van der Waals surface area contributed by atoms with Crippen molar-refractivity contribution in [1.82, 2.24) is 5.43 Å². The Morgan fingerprint density at radius 2 is 1.95 bits per heavy atom. The number of nitrogens with zero attached hydrogens (tertiary/aromatic N) is 2. The first kappa shape index (κ1) is 14.3. The first-order valence-corrected chi connectivity index (χ1v) is 6.21. The number of rotatable bonds is 4. The molecule has 21 heavy (non-hydrogen) atoms. The van der Waals surface area contributed by atoms with Crippen molar-refractivity contribution >= 4 is 12.1 Å². The van der Waals surface area contributed by atoms with Gasteiger partial charge in [-0.25, -0.2) is 5.43 Å². The van der Waals surface area contributed by atoms with Gasteiger partial charge >= 0.3 is 0 Å². The van der Waals surface area contributed by atoms with Crippen molar-refractivity contribution in [3.63, 3.8) is 0 Å². The molecular weight excluding hydrogens is 266 g/mol. The van der Waals surface area contributed by atoms with Crippen LogP contribution in [-0.2, 0) is 0 Å². The third-order valence-corrected chi connectivity index (χ3v) is 2.78. The van der Waals surface area contributed by atoms with Gasteiger partial charge in [-0.3, -0.25) is 4.79 Å². The number of carbonyl (C=O) groups excluding carboxylic acids is 1. The molecule has 0 aliphatic heterocycles. The van der Waals surface area contributed by atoms with Crippen LogP contribution in [0.1, 0.15) is 21.5 Å². The van der Waals surface area contributed by atoms with E-state index in [4.69, 9.17) is 10.00 Å². The van der Waals surface area contributed by atoms with Crippen LogP contribution < -0.4 is 10.2 Å². The molecule has 0 atom stereocenters. The summed E-state index contributed by atoms with van der Waals surface area (Å²) in [6, 6.07) is 15.7. The highest BCUT2D eigenvalue weighted by atomic mass is 16.5. The maximum Gasteiger partial charge on any atom is 0.271 e. The fraction of sp³-hybridized carbons (Fsp3) is 0.0625. The van der Waals surface area contributed by atoms with Gasteiger partial charge in [-0.15, -0.1) is 0 Å². The average Bonchev–Trinajstić information content (AvgIpc) is 2.55. The van der Waals surface area contributed by atoms with Gasteiger partial charge in [-0.2, -0.15) is 10.4 Å². The predicted octanol–water partition coefficient (Wildman–Crippen LogP) is 2.33. The Labute approximate surface area is 122 Å². The molecule has 2 aromatic carbocycles. The molecule has 0 aromatic heterocycles. The minimum atomic E-state index is -0.342. The molecule has 0 fully saturated rings. The highest BCUT2D eigenvalue weighted by molar-refractivity contribution is 5.95. The molecular formula is C16H13N3O2. The lowest BCUT2D eigenvalue weighted by atomic mass is 10.1. The zero-order chi connectivity index (χ0) is 15.1. The van der Waals surface area contributed by atoms with E-state index in [0.717, 1.165) is 5.56 Å². The van der Waals surface area contributed by atoms with Crippen molar-refractivity contribution in [2.24, 2.45) is 5.10 Å². The largest absolute Gasteiger partial charge is 0.496 e. The van der Waals surface area contributed by atoms with Crippen LogP contribution in [0.2, 0.25) is 0 Å². The second-order valence-electron chi connectivity index (χ2n) is 4.13. The lowest BCUT2D eigenvalue weighted by Gasteiger charge is -2.03. The Morgan fingerprint density at radius 3 is 2.62 bits per heavy atom. The van der Waals surface area contributed by atoms with Crippen molar-refractivity contribution in [2.45, 2.75) is 0 Å². The molecule has 0 unspecified atom stereocenters. The van der Waals surface area contributed by atoms with Crippen LogP contribution >= 0.6 is 0 Å². The highest BCUT2D eigenvalue weighted by Crippen LogP contribution is 2.14. The second-order valence-corrected chi connectivity index (χ2v) is 4.13. The number of carbonyl (C=O) groups is 1. The number of hydrogen-bond acceptors (Lipinski definition) is 4. The summed E-state index contributed by atoms with van der Waals surface area (Å²) in [5.41, 5.74) is 4.13. The summed E-state index contributed by atoms with van der Waals surface area (Å²) in [4.78, 5) is 11.8. The molecule has 0 aliphatic rings. The first-order chi connectivity index (χ1) is 10.2. The zero-order valence-electron chi connectivity index (χ0n) is 11.4. The topological polar surface area (TPSA) is 74.5 Å². The standard InChI is InChI=1S/C16H13N3O2/c1-21-15-5-3-2-4-14(15)11-18-19-16(20)13-8-6-12(10-17)7-9-13/h2-9,11H,1H3,(H,19,20)/b18-11-. The van der Waals surface area contributed by atoms with Crippen molar-refractivity contribution < 1.29 is 9.53 Å². The number of hydrazone groups is 1. The summed E-state index contributed by atoms with van der Waals surface area (Å²) in [7, 11) is 1.57. The van der Waals surface area contributed by atoms with Gasteiger partial charge in [-0.1, -0.05) is 12.1 Å². The van der Waals surface area contributed by atoms with E-state index in [1.165, 1.54) is 6.21 Å². The molecule has 1 amide bonds. The third kappa shape index (κ3) is 3.67. The molecule has 0 saturated carbocycles. The summed E-state index contributed by atoms with van der Waals surface area (Å²) < 4.78 is 5.18. The molecule has 1 N–H and O–H groups in total. The van der Waals surface area contributed by atoms with E-state index in [-0.39, 0.29) is 5.91 Å². The van der Waals surface area contributed by atoms with Gasteiger partial charge < -0.3 is 4.74 Å². The molecule has 0 aliphatic carbocycles. The van der Waals surface area contributed by atoms with Crippen LogP contribution in [0.3, 0.4) is 0 Å². The van der Waals surface area contributed by atoms with Crippen LogP contribution in [0.25, 0.3) is 0 Å². The molecule has 5 nitrogen and oxygen atoms in total. The van der Waals surface area contributed by atoms with E-state index in [2.05, 4.69) is 10.5 Å². The Bertz CT molecular complexity index is 700. The summed E-state index contributed by atoms with van der Waals surface area (Å²) >= 11 is 0. The van der Waals surface area contributed by atoms with E-state index < -0.39 is 0 Å². The van der Waals surface area contributed by atoms with Crippen molar-refractivity contribution in [3.8, 4) is 11.8 Å². The minimum absolute atomic E-state index is 0.342. The number of hydrogen-bond donors (Lipinski definition) is 1. The van der Waals surface area contributed by atoms with Gasteiger partial charge in [-0.05, 0) is 36.4 Å². The Kier molecular flexibility index (Phi) is 4.67. The Morgan fingerprint density at radius 1 is 1.24 bits per heavy atom. The fourth-order valence-corrected chi connectivity index (χ4v) is 1.69. The number of amides is 1. The second kappa shape index (κ2) is 6.87. The number of nitriles is 1.